The number of hydrogen-bond acceptors (Lipinski definition) is 4. The predicted molar refractivity (Wildman–Crippen MR) is 136 cm³/mol. The molecular formula is C28H32N4O2. The topological polar surface area (TPSA) is 57.6 Å². The van der Waals surface area contributed by atoms with E-state index in [1.165, 1.54) is 0 Å². The van der Waals surface area contributed by atoms with Crippen LogP contribution in [0.4, 0.5) is 5.69 Å². The van der Waals surface area contributed by atoms with Crippen molar-refractivity contribution in [2.45, 2.75) is 37.8 Å². The molecule has 2 atom stereocenters. The number of anilines is 1. The second kappa shape index (κ2) is 8.58. The Labute approximate surface area is 200 Å². The fraction of sp³-hybridized carbons (Fsp3) is 0.429. The molecule has 0 saturated carbocycles. The van der Waals surface area contributed by atoms with E-state index in [1.54, 1.807) is 0 Å². The molecule has 2 saturated heterocycles. The van der Waals surface area contributed by atoms with Gasteiger partial charge >= 0.3 is 0 Å². The molecular weight excluding hydrogens is 424 g/mol. The molecule has 176 valence electrons. The number of benzene rings is 2. The van der Waals surface area contributed by atoms with Crippen LogP contribution in [0.2, 0.25) is 0 Å². The first kappa shape index (κ1) is 21.4. The summed E-state index contributed by atoms with van der Waals surface area (Å²) in [5, 5.41) is 5.76. The van der Waals surface area contributed by atoms with Crippen LogP contribution in [0.5, 0.6) is 0 Å². The zero-order valence-corrected chi connectivity index (χ0v) is 19.7. The van der Waals surface area contributed by atoms with E-state index >= 15 is 0 Å². The quantitative estimate of drug-likeness (QED) is 0.652. The minimum atomic E-state index is 0.0943. The summed E-state index contributed by atoms with van der Waals surface area (Å²) in [5.74, 6) is 0.616. The maximum atomic E-state index is 13.4. The number of fused-ring (bicyclic) bond motifs is 5. The molecule has 2 unspecified atom stereocenters. The van der Waals surface area contributed by atoms with E-state index in [9.17, 15) is 9.59 Å². The smallest absolute Gasteiger partial charge is 0.274 e. The highest BCUT2D eigenvalue weighted by molar-refractivity contribution is 5.98. The van der Waals surface area contributed by atoms with Gasteiger partial charge in [0, 0.05) is 42.9 Å². The standard InChI is InChI=1S/C28H32N4O2/c1-30-12-10-24(11-13-30)29-25-8-9-26-23-14-19(17-32(26)28(25)34)16-31(18-23)27(33)22-7-6-20-4-2-3-5-21(20)15-22/h2-9,15,19,23-24,29H,10-14,16-18H2,1H3. The van der Waals surface area contributed by atoms with Crippen LogP contribution < -0.4 is 10.9 Å². The number of amides is 1. The van der Waals surface area contributed by atoms with Gasteiger partial charge < -0.3 is 19.7 Å². The van der Waals surface area contributed by atoms with Gasteiger partial charge in [0.1, 0.15) is 5.69 Å². The summed E-state index contributed by atoms with van der Waals surface area (Å²) >= 11 is 0. The van der Waals surface area contributed by atoms with E-state index in [1.807, 2.05) is 45.9 Å². The predicted octanol–water partition coefficient (Wildman–Crippen LogP) is 3.77. The molecule has 3 aliphatic heterocycles. The number of nitrogens with one attached hydrogen (secondary N) is 1. The highest BCUT2D eigenvalue weighted by atomic mass is 16.2. The van der Waals surface area contributed by atoms with Crippen LogP contribution in [0.1, 0.15) is 41.2 Å². The van der Waals surface area contributed by atoms with Crippen molar-refractivity contribution >= 4 is 22.4 Å². The molecule has 1 N–H and O–H groups in total. The van der Waals surface area contributed by atoms with E-state index in [4.69, 9.17) is 0 Å². The number of pyridine rings is 1. The molecule has 6 nitrogen and oxygen atoms in total. The minimum absolute atomic E-state index is 0.0943. The van der Waals surface area contributed by atoms with Crippen molar-refractivity contribution in [3.05, 3.63) is 76.2 Å². The lowest BCUT2D eigenvalue weighted by molar-refractivity contribution is 0.0595. The van der Waals surface area contributed by atoms with Crippen molar-refractivity contribution in [1.82, 2.24) is 14.4 Å². The van der Waals surface area contributed by atoms with Gasteiger partial charge in [-0.3, -0.25) is 9.59 Å². The van der Waals surface area contributed by atoms with Crippen LogP contribution in [0, 0.1) is 5.92 Å². The monoisotopic (exact) mass is 456 g/mol. The van der Waals surface area contributed by atoms with E-state index in [-0.39, 0.29) is 17.4 Å². The van der Waals surface area contributed by atoms with Gasteiger partial charge in [-0.25, -0.2) is 0 Å². The van der Waals surface area contributed by atoms with Crippen molar-refractivity contribution in [1.29, 1.82) is 0 Å². The number of hydrogen-bond donors (Lipinski definition) is 1. The molecule has 6 rings (SSSR count). The van der Waals surface area contributed by atoms with Crippen LogP contribution in [0.25, 0.3) is 10.8 Å². The van der Waals surface area contributed by atoms with Crippen LogP contribution in [0.15, 0.2) is 59.4 Å². The maximum absolute atomic E-state index is 13.4. The van der Waals surface area contributed by atoms with Crippen molar-refractivity contribution in [3.8, 4) is 0 Å². The van der Waals surface area contributed by atoms with Crippen LogP contribution >= 0.6 is 0 Å². The number of piperidine rings is 2. The average molecular weight is 457 g/mol. The number of likely N-dealkylation sites (tertiary alicyclic amines) is 2. The fourth-order valence-corrected chi connectivity index (χ4v) is 6.10. The molecule has 2 fully saturated rings. The molecule has 0 spiro atoms. The van der Waals surface area contributed by atoms with Gasteiger partial charge in [0.15, 0.2) is 0 Å². The number of carbonyl (C=O) groups is 1. The Hall–Kier alpha value is -3.12. The summed E-state index contributed by atoms with van der Waals surface area (Å²) in [6.45, 7) is 4.20. The lowest BCUT2D eigenvalue weighted by Gasteiger charge is -2.43. The van der Waals surface area contributed by atoms with Crippen LogP contribution in [-0.4, -0.2) is 59.5 Å². The molecule has 0 radical (unpaired) electrons. The highest BCUT2D eigenvalue weighted by Gasteiger charge is 2.37. The lowest BCUT2D eigenvalue weighted by atomic mass is 9.83. The first-order chi connectivity index (χ1) is 16.5. The van der Waals surface area contributed by atoms with Crippen molar-refractivity contribution in [2.24, 2.45) is 5.92 Å². The SMILES string of the molecule is CN1CCC(Nc2ccc3n(c2=O)CC2CC3CN(C(=O)c3ccc4ccccc4c3)C2)CC1. The molecule has 4 heterocycles. The number of carbonyl (C=O) groups excluding carboxylic acids is 1. The van der Waals surface area contributed by atoms with E-state index in [0.29, 0.717) is 31.6 Å². The summed E-state index contributed by atoms with van der Waals surface area (Å²) in [6, 6.07) is 18.6. The zero-order chi connectivity index (χ0) is 23.2. The molecule has 3 aromatic rings. The Balaban J connectivity index is 1.21. The number of nitrogens with zero attached hydrogens (tertiary/aromatic N) is 3. The largest absolute Gasteiger partial charge is 0.378 e. The molecule has 1 aromatic heterocycles. The summed E-state index contributed by atoms with van der Waals surface area (Å²) in [4.78, 5) is 31.1. The summed E-state index contributed by atoms with van der Waals surface area (Å²) in [7, 11) is 2.15. The molecule has 2 bridgehead atoms. The van der Waals surface area contributed by atoms with Gasteiger partial charge in [-0.15, -0.1) is 0 Å². The third-order valence-electron chi connectivity index (χ3n) is 7.97. The van der Waals surface area contributed by atoms with E-state index in [0.717, 1.165) is 60.1 Å². The summed E-state index contributed by atoms with van der Waals surface area (Å²) in [5.41, 5.74) is 2.64. The minimum Gasteiger partial charge on any atom is -0.378 e. The molecule has 0 aliphatic carbocycles. The molecule has 1 amide bonds. The van der Waals surface area contributed by atoms with Gasteiger partial charge in [-0.05, 0) is 80.4 Å². The third kappa shape index (κ3) is 3.90. The lowest BCUT2D eigenvalue weighted by Crippen LogP contribution is -2.49. The van der Waals surface area contributed by atoms with Gasteiger partial charge in [0.05, 0.1) is 0 Å². The summed E-state index contributed by atoms with van der Waals surface area (Å²) in [6.07, 6.45) is 3.17. The first-order valence-corrected chi connectivity index (χ1v) is 12.5. The van der Waals surface area contributed by atoms with E-state index < -0.39 is 0 Å². The van der Waals surface area contributed by atoms with E-state index in [2.05, 4.69) is 35.5 Å². The Morgan fingerprint density at radius 1 is 0.941 bits per heavy atom. The Morgan fingerprint density at radius 2 is 1.74 bits per heavy atom. The number of rotatable bonds is 3. The fourth-order valence-electron chi connectivity index (χ4n) is 6.10. The van der Waals surface area contributed by atoms with Crippen LogP contribution in [0.3, 0.4) is 0 Å². The second-order valence-corrected chi connectivity index (χ2v) is 10.4. The Bertz CT molecular complexity index is 1290. The normalized spacial score (nSPS) is 23.0. The average Bonchev–Trinajstić information content (AvgIpc) is 2.86. The van der Waals surface area contributed by atoms with Gasteiger partial charge in [-0.1, -0.05) is 30.3 Å². The second-order valence-electron chi connectivity index (χ2n) is 10.4. The zero-order valence-electron chi connectivity index (χ0n) is 19.7. The van der Waals surface area contributed by atoms with Crippen molar-refractivity contribution < 1.29 is 4.79 Å². The Kier molecular flexibility index (Phi) is 5.41. The van der Waals surface area contributed by atoms with Gasteiger partial charge in [0.2, 0.25) is 0 Å². The third-order valence-corrected chi connectivity index (χ3v) is 7.97. The summed E-state index contributed by atoms with van der Waals surface area (Å²) < 4.78 is 1.98. The van der Waals surface area contributed by atoms with Crippen LogP contribution in [-0.2, 0) is 6.54 Å². The maximum Gasteiger partial charge on any atom is 0.274 e. The molecule has 34 heavy (non-hydrogen) atoms. The molecule has 6 heteroatoms. The molecule has 3 aliphatic rings. The van der Waals surface area contributed by atoms with Gasteiger partial charge in [-0.2, -0.15) is 0 Å². The van der Waals surface area contributed by atoms with Gasteiger partial charge in [0.25, 0.3) is 11.5 Å². The highest BCUT2D eigenvalue weighted by Crippen LogP contribution is 2.36. The van der Waals surface area contributed by atoms with Crippen molar-refractivity contribution in [2.75, 3.05) is 38.5 Å². The molecule has 2 aromatic carbocycles. The first-order valence-electron chi connectivity index (χ1n) is 12.5. The number of aromatic nitrogens is 1. The van der Waals surface area contributed by atoms with Crippen molar-refractivity contribution in [3.63, 3.8) is 0 Å². The Morgan fingerprint density at radius 3 is 2.56 bits per heavy atom.